The Morgan fingerprint density at radius 1 is 1.03 bits per heavy atom. The van der Waals surface area contributed by atoms with Crippen molar-refractivity contribution in [3.63, 3.8) is 0 Å². The first-order chi connectivity index (χ1) is 17.0. The molecule has 2 aromatic rings. The third kappa shape index (κ3) is 4.20. The number of aromatic nitrogens is 2. The summed E-state index contributed by atoms with van der Waals surface area (Å²) in [5, 5.41) is 9.38. The average Bonchev–Trinajstić information content (AvgIpc) is 3.21. The van der Waals surface area contributed by atoms with Crippen molar-refractivity contribution in [1.82, 2.24) is 14.9 Å². The molecule has 0 bridgehead atoms. The van der Waals surface area contributed by atoms with Crippen LogP contribution in [0, 0.1) is 17.8 Å². The lowest BCUT2D eigenvalue weighted by Crippen LogP contribution is -2.32. The lowest BCUT2D eigenvalue weighted by molar-refractivity contribution is -0.139. The number of amides is 1. The van der Waals surface area contributed by atoms with Crippen LogP contribution in [0.15, 0.2) is 35.5 Å². The molecule has 35 heavy (non-hydrogen) atoms. The monoisotopic (exact) mass is 492 g/mol. The lowest BCUT2D eigenvalue weighted by atomic mass is 9.84. The van der Waals surface area contributed by atoms with E-state index < -0.39 is 5.97 Å². The SMILES string of the molecule is O=C(O)C1[C@H]2CN(c3nc(C4CCCCC4)c(C(=O)N4CCC(c5cccnc5)C4)cc3S)C[C@@H]12. The highest BCUT2D eigenvalue weighted by atomic mass is 32.1. The summed E-state index contributed by atoms with van der Waals surface area (Å²) in [5.74, 6) is 0.987. The van der Waals surface area contributed by atoms with Gasteiger partial charge in [0.15, 0.2) is 0 Å². The lowest BCUT2D eigenvalue weighted by Gasteiger charge is -2.28. The zero-order valence-electron chi connectivity index (χ0n) is 19.8. The molecule has 2 saturated heterocycles. The number of fused-ring (bicyclic) bond motifs is 1. The van der Waals surface area contributed by atoms with Gasteiger partial charge in [0.1, 0.15) is 5.82 Å². The predicted octanol–water partition coefficient (Wildman–Crippen LogP) is 4.21. The van der Waals surface area contributed by atoms with Crippen LogP contribution in [0.1, 0.15) is 72.0 Å². The zero-order chi connectivity index (χ0) is 24.1. The van der Waals surface area contributed by atoms with Gasteiger partial charge in [0, 0.05) is 55.3 Å². The predicted molar refractivity (Wildman–Crippen MR) is 135 cm³/mol. The minimum Gasteiger partial charge on any atom is -0.481 e. The summed E-state index contributed by atoms with van der Waals surface area (Å²) in [5.41, 5.74) is 2.80. The first kappa shape index (κ1) is 22.8. The number of aliphatic carboxylic acids is 1. The van der Waals surface area contributed by atoms with Crippen molar-refractivity contribution in [2.45, 2.75) is 55.3 Å². The van der Waals surface area contributed by atoms with Crippen molar-refractivity contribution in [1.29, 1.82) is 0 Å². The molecule has 2 aliphatic heterocycles. The molecule has 0 spiro atoms. The molecule has 2 saturated carbocycles. The largest absolute Gasteiger partial charge is 0.481 e. The molecule has 4 aliphatic rings. The first-order valence-corrected chi connectivity index (χ1v) is 13.4. The molecule has 4 fully saturated rings. The number of hydrogen-bond acceptors (Lipinski definition) is 6. The molecule has 4 heterocycles. The van der Waals surface area contributed by atoms with E-state index >= 15 is 0 Å². The summed E-state index contributed by atoms with van der Waals surface area (Å²) >= 11 is 4.77. The maximum Gasteiger partial charge on any atom is 0.307 e. The van der Waals surface area contributed by atoms with Crippen LogP contribution < -0.4 is 4.90 Å². The molecule has 7 nitrogen and oxygen atoms in total. The normalized spacial score (nSPS) is 28.3. The van der Waals surface area contributed by atoms with Crippen LogP contribution in [0.25, 0.3) is 0 Å². The van der Waals surface area contributed by atoms with Gasteiger partial charge in [-0.2, -0.15) is 0 Å². The van der Waals surface area contributed by atoms with E-state index in [1.54, 1.807) is 6.20 Å². The third-order valence-corrected chi connectivity index (χ3v) is 8.97. The Balaban J connectivity index is 1.27. The Bertz CT molecular complexity index is 1120. The molecule has 0 radical (unpaired) electrons. The standard InChI is InChI=1S/C27H32N4O3S/c32-26(30-10-8-18(13-30)17-7-4-9-28-12-17)19-11-22(35)25(29-24(19)16-5-2-1-3-6-16)31-14-20-21(15-31)23(20)27(33)34/h4,7,9,11-12,16,18,20-21,23,35H,1-3,5-6,8,10,13-15H2,(H,33,34)/t18?,20-,21+,23?. The maximum absolute atomic E-state index is 13.8. The Labute approximate surface area is 211 Å². The van der Waals surface area contributed by atoms with Crippen LogP contribution in [-0.2, 0) is 4.79 Å². The van der Waals surface area contributed by atoms with Gasteiger partial charge in [-0.3, -0.25) is 14.6 Å². The molecule has 1 amide bonds. The highest BCUT2D eigenvalue weighted by molar-refractivity contribution is 7.80. The van der Waals surface area contributed by atoms with E-state index in [-0.39, 0.29) is 29.6 Å². The van der Waals surface area contributed by atoms with Gasteiger partial charge in [0.25, 0.3) is 5.91 Å². The summed E-state index contributed by atoms with van der Waals surface area (Å²) in [6.07, 6.45) is 10.3. The van der Waals surface area contributed by atoms with Gasteiger partial charge in [-0.25, -0.2) is 4.98 Å². The second-order valence-corrected chi connectivity index (χ2v) is 11.2. The summed E-state index contributed by atoms with van der Waals surface area (Å²) in [6, 6.07) is 5.99. The second-order valence-electron chi connectivity index (χ2n) is 10.7. The first-order valence-electron chi connectivity index (χ1n) is 12.9. The van der Waals surface area contributed by atoms with Gasteiger partial charge in [-0.1, -0.05) is 25.3 Å². The van der Waals surface area contributed by atoms with Gasteiger partial charge in [0.05, 0.1) is 17.2 Å². The van der Waals surface area contributed by atoms with E-state index in [1.807, 2.05) is 23.2 Å². The topological polar surface area (TPSA) is 86.6 Å². The maximum atomic E-state index is 13.8. The number of pyridine rings is 2. The van der Waals surface area contributed by atoms with Crippen molar-refractivity contribution in [3.8, 4) is 0 Å². The minimum absolute atomic E-state index is 0.0570. The Morgan fingerprint density at radius 2 is 1.80 bits per heavy atom. The number of carboxylic acids is 1. The van der Waals surface area contributed by atoms with Crippen LogP contribution >= 0.6 is 12.6 Å². The number of carbonyl (C=O) groups is 2. The van der Waals surface area contributed by atoms with E-state index in [0.29, 0.717) is 36.0 Å². The van der Waals surface area contributed by atoms with E-state index in [0.717, 1.165) is 37.3 Å². The fraction of sp³-hybridized carbons (Fsp3) is 0.556. The van der Waals surface area contributed by atoms with E-state index in [4.69, 9.17) is 17.6 Å². The number of hydrogen-bond donors (Lipinski definition) is 2. The molecule has 2 aromatic heterocycles. The molecule has 184 valence electrons. The van der Waals surface area contributed by atoms with Crippen molar-refractivity contribution in [2.24, 2.45) is 17.8 Å². The Kier molecular flexibility index (Phi) is 5.95. The van der Waals surface area contributed by atoms with Crippen LogP contribution in [-0.4, -0.2) is 58.0 Å². The quantitative estimate of drug-likeness (QED) is 0.608. The van der Waals surface area contributed by atoms with E-state index in [1.165, 1.54) is 24.8 Å². The Hall–Kier alpha value is -2.61. The number of nitrogens with zero attached hydrogens (tertiary/aromatic N) is 4. The number of anilines is 1. The van der Waals surface area contributed by atoms with Crippen molar-refractivity contribution < 1.29 is 14.7 Å². The summed E-state index contributed by atoms with van der Waals surface area (Å²) < 4.78 is 0. The number of rotatable bonds is 5. The van der Waals surface area contributed by atoms with Gasteiger partial charge in [-0.05, 0) is 48.8 Å². The number of piperidine rings is 1. The fourth-order valence-electron chi connectivity index (χ4n) is 6.67. The highest BCUT2D eigenvalue weighted by Gasteiger charge is 2.60. The number of carboxylic acid groups (broad SMARTS) is 1. The molecule has 0 aromatic carbocycles. The van der Waals surface area contributed by atoms with Crippen molar-refractivity contribution in [2.75, 3.05) is 31.1 Å². The molecule has 8 heteroatoms. The van der Waals surface area contributed by atoms with Gasteiger partial charge in [-0.15, -0.1) is 12.6 Å². The molecule has 4 atom stereocenters. The minimum atomic E-state index is -0.683. The highest BCUT2D eigenvalue weighted by Crippen LogP contribution is 2.53. The molecule has 6 rings (SSSR count). The van der Waals surface area contributed by atoms with Crippen LogP contribution in [0.4, 0.5) is 5.82 Å². The second kappa shape index (κ2) is 9.12. The van der Waals surface area contributed by atoms with Crippen LogP contribution in [0.3, 0.4) is 0 Å². The smallest absolute Gasteiger partial charge is 0.307 e. The molecular weight excluding hydrogens is 460 g/mol. The number of likely N-dealkylation sites (tertiary alicyclic amines) is 1. The van der Waals surface area contributed by atoms with Crippen LogP contribution in [0.2, 0.25) is 0 Å². The number of thiol groups is 1. The number of carbonyl (C=O) groups excluding carboxylic acids is 1. The van der Waals surface area contributed by atoms with Gasteiger partial charge in [0.2, 0.25) is 0 Å². The van der Waals surface area contributed by atoms with E-state index in [2.05, 4.69) is 16.0 Å². The summed E-state index contributed by atoms with van der Waals surface area (Å²) in [7, 11) is 0. The van der Waals surface area contributed by atoms with Crippen molar-refractivity contribution in [3.05, 3.63) is 47.4 Å². The zero-order valence-corrected chi connectivity index (χ0v) is 20.7. The summed E-state index contributed by atoms with van der Waals surface area (Å²) in [6.45, 7) is 2.85. The summed E-state index contributed by atoms with van der Waals surface area (Å²) in [4.78, 5) is 39.5. The average molecular weight is 493 g/mol. The third-order valence-electron chi connectivity index (χ3n) is 8.64. The van der Waals surface area contributed by atoms with E-state index in [9.17, 15) is 14.7 Å². The van der Waals surface area contributed by atoms with Crippen LogP contribution in [0.5, 0.6) is 0 Å². The van der Waals surface area contributed by atoms with Gasteiger partial charge >= 0.3 is 5.97 Å². The molecule has 1 N–H and O–H groups in total. The molecular formula is C27H32N4O3S. The van der Waals surface area contributed by atoms with Crippen molar-refractivity contribution >= 4 is 30.3 Å². The molecule has 2 unspecified atom stereocenters. The molecule has 2 aliphatic carbocycles. The fourth-order valence-corrected chi connectivity index (χ4v) is 6.99. The Morgan fingerprint density at radius 3 is 2.49 bits per heavy atom. The van der Waals surface area contributed by atoms with Gasteiger partial charge < -0.3 is 14.9 Å².